The van der Waals surface area contributed by atoms with Crippen molar-refractivity contribution in [2.45, 2.75) is 32.1 Å². The van der Waals surface area contributed by atoms with E-state index in [1.807, 2.05) is 12.1 Å². The second-order valence-corrected chi connectivity index (χ2v) is 5.09. The molecule has 0 bridgehead atoms. The topological polar surface area (TPSA) is 69.1 Å². The summed E-state index contributed by atoms with van der Waals surface area (Å²) in [6, 6.07) is 5.94. The number of rotatable bonds is 2. The number of aromatic nitrogens is 1. The van der Waals surface area contributed by atoms with E-state index in [-0.39, 0.29) is 11.7 Å². The van der Waals surface area contributed by atoms with Gasteiger partial charge in [-0.15, -0.1) is 0 Å². The van der Waals surface area contributed by atoms with Crippen LogP contribution in [0.15, 0.2) is 29.0 Å². The van der Waals surface area contributed by atoms with Gasteiger partial charge >= 0.3 is 0 Å². The van der Waals surface area contributed by atoms with Crippen LogP contribution in [0.25, 0.3) is 0 Å². The molecule has 0 saturated heterocycles. The summed E-state index contributed by atoms with van der Waals surface area (Å²) in [7, 11) is 0. The van der Waals surface area contributed by atoms with Crippen molar-refractivity contribution in [3.63, 3.8) is 0 Å². The monoisotopic (exact) mass is 256 g/mol. The van der Waals surface area contributed by atoms with Crippen LogP contribution < -0.4 is 5.73 Å². The van der Waals surface area contributed by atoms with E-state index in [0.717, 1.165) is 30.5 Å². The van der Waals surface area contributed by atoms with Gasteiger partial charge in [0, 0.05) is 11.5 Å². The van der Waals surface area contributed by atoms with E-state index in [2.05, 4.69) is 11.2 Å². The lowest BCUT2D eigenvalue weighted by Crippen LogP contribution is -2.16. The molecular formula is C15H16N2O2. The number of nitrogen functional groups attached to an aromatic ring is 1. The minimum atomic E-state index is 0.135. The number of fused-ring (bicyclic) bond motifs is 1. The maximum atomic E-state index is 11.6. The molecule has 19 heavy (non-hydrogen) atoms. The van der Waals surface area contributed by atoms with Crippen LogP contribution in [0.1, 0.15) is 46.4 Å². The Kier molecular flexibility index (Phi) is 2.85. The first-order valence-corrected chi connectivity index (χ1v) is 6.48. The van der Waals surface area contributed by atoms with Crippen LogP contribution in [0.3, 0.4) is 0 Å². The van der Waals surface area contributed by atoms with Crippen molar-refractivity contribution in [1.82, 2.24) is 5.16 Å². The first-order valence-electron chi connectivity index (χ1n) is 6.48. The molecule has 4 nitrogen and oxygen atoms in total. The molecule has 0 spiro atoms. The molecule has 4 heteroatoms. The van der Waals surface area contributed by atoms with Crippen LogP contribution in [0.2, 0.25) is 0 Å². The Morgan fingerprint density at radius 3 is 3.00 bits per heavy atom. The molecule has 3 rings (SSSR count). The molecule has 1 unspecified atom stereocenters. The summed E-state index contributed by atoms with van der Waals surface area (Å²) in [5, 5.41) is 4.00. The molecule has 98 valence electrons. The fourth-order valence-electron chi connectivity index (χ4n) is 2.93. The van der Waals surface area contributed by atoms with E-state index in [9.17, 15) is 4.79 Å². The standard InChI is InChI=1S/C15H16N2O2/c1-9(18)12-4-2-3-10-7-11(5-6-13(10)12)15-14(16)8-19-17-15/h2-4,8,11H,5-7,16H2,1H3. The Labute approximate surface area is 111 Å². The predicted molar refractivity (Wildman–Crippen MR) is 72.1 cm³/mol. The van der Waals surface area contributed by atoms with Crippen molar-refractivity contribution in [3.8, 4) is 0 Å². The van der Waals surface area contributed by atoms with E-state index in [0.29, 0.717) is 5.69 Å². The number of hydrogen-bond acceptors (Lipinski definition) is 4. The number of nitrogens with two attached hydrogens (primary N) is 1. The lowest BCUT2D eigenvalue weighted by molar-refractivity contribution is 0.101. The maximum Gasteiger partial charge on any atom is 0.160 e. The molecule has 1 aromatic carbocycles. The van der Waals surface area contributed by atoms with Gasteiger partial charge in [-0.25, -0.2) is 0 Å². The number of carbonyl (C=O) groups is 1. The second kappa shape index (κ2) is 4.53. The van der Waals surface area contributed by atoms with Crippen LogP contribution >= 0.6 is 0 Å². The van der Waals surface area contributed by atoms with Crippen LogP contribution in [-0.2, 0) is 12.8 Å². The average molecular weight is 256 g/mol. The number of benzene rings is 1. The first kappa shape index (κ1) is 12.0. The van der Waals surface area contributed by atoms with Gasteiger partial charge in [0.15, 0.2) is 5.78 Å². The van der Waals surface area contributed by atoms with E-state index < -0.39 is 0 Å². The third kappa shape index (κ3) is 2.03. The zero-order valence-electron chi connectivity index (χ0n) is 10.8. The molecular weight excluding hydrogens is 240 g/mol. The summed E-state index contributed by atoms with van der Waals surface area (Å²) < 4.78 is 4.92. The third-order valence-corrected chi connectivity index (χ3v) is 3.87. The average Bonchev–Trinajstić information content (AvgIpc) is 2.83. The highest BCUT2D eigenvalue weighted by atomic mass is 16.5. The number of anilines is 1. The molecule has 2 N–H and O–H groups in total. The molecule has 0 amide bonds. The SMILES string of the molecule is CC(=O)c1cccc2c1CCC(c1nocc1N)C2. The lowest BCUT2D eigenvalue weighted by Gasteiger charge is -2.24. The van der Waals surface area contributed by atoms with Gasteiger partial charge in [-0.3, -0.25) is 4.79 Å². The summed E-state index contributed by atoms with van der Waals surface area (Å²) in [6.07, 6.45) is 4.19. The summed E-state index contributed by atoms with van der Waals surface area (Å²) in [4.78, 5) is 11.6. The molecule has 1 aliphatic rings. The molecule has 0 aliphatic heterocycles. The van der Waals surface area contributed by atoms with Crippen LogP contribution in [0.4, 0.5) is 5.69 Å². The van der Waals surface area contributed by atoms with Crippen molar-refractivity contribution < 1.29 is 9.32 Å². The zero-order valence-corrected chi connectivity index (χ0v) is 10.8. The van der Waals surface area contributed by atoms with Crippen LogP contribution in [0.5, 0.6) is 0 Å². The predicted octanol–water partition coefficient (Wildman–Crippen LogP) is 2.73. The van der Waals surface area contributed by atoms with Gasteiger partial charge in [-0.2, -0.15) is 0 Å². The fraction of sp³-hybridized carbons (Fsp3) is 0.333. The zero-order chi connectivity index (χ0) is 13.4. The van der Waals surface area contributed by atoms with E-state index in [1.165, 1.54) is 17.4 Å². The van der Waals surface area contributed by atoms with Crippen molar-refractivity contribution in [2.24, 2.45) is 0 Å². The van der Waals surface area contributed by atoms with Crippen LogP contribution in [-0.4, -0.2) is 10.9 Å². The Hall–Kier alpha value is -2.10. The summed E-state index contributed by atoms with van der Waals surface area (Å²) in [5.74, 6) is 0.421. The highest BCUT2D eigenvalue weighted by Gasteiger charge is 2.26. The lowest BCUT2D eigenvalue weighted by atomic mass is 9.79. The molecule has 0 radical (unpaired) electrons. The van der Waals surface area contributed by atoms with Crippen molar-refractivity contribution >= 4 is 11.5 Å². The Morgan fingerprint density at radius 2 is 2.32 bits per heavy atom. The smallest absolute Gasteiger partial charge is 0.160 e. The normalized spacial score (nSPS) is 18.1. The van der Waals surface area contributed by atoms with Crippen molar-refractivity contribution in [3.05, 3.63) is 46.8 Å². The second-order valence-electron chi connectivity index (χ2n) is 5.09. The molecule has 1 aromatic heterocycles. The Balaban J connectivity index is 1.95. The number of hydrogen-bond donors (Lipinski definition) is 1. The van der Waals surface area contributed by atoms with Gasteiger partial charge < -0.3 is 10.3 Å². The van der Waals surface area contributed by atoms with Gasteiger partial charge in [0.25, 0.3) is 0 Å². The number of Topliss-reactive ketones (excluding diaryl/α,β-unsaturated/α-hetero) is 1. The van der Waals surface area contributed by atoms with Gasteiger partial charge in [0.05, 0.1) is 5.69 Å². The minimum absolute atomic E-state index is 0.135. The highest BCUT2D eigenvalue weighted by molar-refractivity contribution is 5.96. The Bertz CT molecular complexity index is 631. The highest BCUT2D eigenvalue weighted by Crippen LogP contribution is 2.35. The van der Waals surface area contributed by atoms with Gasteiger partial charge in [-0.1, -0.05) is 23.4 Å². The largest absolute Gasteiger partial charge is 0.395 e. The van der Waals surface area contributed by atoms with E-state index in [1.54, 1.807) is 6.92 Å². The maximum absolute atomic E-state index is 11.6. The number of nitrogens with zero attached hydrogens (tertiary/aromatic N) is 1. The summed E-state index contributed by atoms with van der Waals surface area (Å²) in [5.41, 5.74) is 10.6. The van der Waals surface area contributed by atoms with Gasteiger partial charge in [0.2, 0.25) is 0 Å². The summed E-state index contributed by atoms with van der Waals surface area (Å²) >= 11 is 0. The summed E-state index contributed by atoms with van der Waals surface area (Å²) in [6.45, 7) is 1.62. The number of ketones is 1. The van der Waals surface area contributed by atoms with Crippen molar-refractivity contribution in [1.29, 1.82) is 0 Å². The van der Waals surface area contributed by atoms with Crippen LogP contribution in [0, 0.1) is 0 Å². The fourth-order valence-corrected chi connectivity index (χ4v) is 2.93. The molecule has 1 atom stereocenters. The van der Waals surface area contributed by atoms with E-state index in [4.69, 9.17) is 10.3 Å². The molecule has 1 aliphatic carbocycles. The van der Waals surface area contributed by atoms with Gasteiger partial charge in [-0.05, 0) is 37.3 Å². The third-order valence-electron chi connectivity index (χ3n) is 3.87. The molecule has 1 heterocycles. The number of carbonyl (C=O) groups excluding carboxylic acids is 1. The van der Waals surface area contributed by atoms with E-state index >= 15 is 0 Å². The van der Waals surface area contributed by atoms with Gasteiger partial charge in [0.1, 0.15) is 12.0 Å². The van der Waals surface area contributed by atoms with Crippen molar-refractivity contribution in [2.75, 3.05) is 5.73 Å². The quantitative estimate of drug-likeness (QED) is 0.839. The molecule has 0 saturated carbocycles. The molecule has 2 aromatic rings. The minimum Gasteiger partial charge on any atom is -0.395 e. The Morgan fingerprint density at radius 1 is 1.47 bits per heavy atom. The first-order chi connectivity index (χ1) is 9.16. The molecule has 0 fully saturated rings.